The minimum Gasteiger partial charge on any atom is -0.478 e. The number of hydrogen-bond acceptors (Lipinski definition) is 5. The van der Waals surface area contributed by atoms with Crippen molar-refractivity contribution in [2.75, 3.05) is 0 Å². The number of thiazole rings is 1. The van der Waals surface area contributed by atoms with Crippen molar-refractivity contribution in [2.24, 2.45) is 12.1 Å². The van der Waals surface area contributed by atoms with Gasteiger partial charge in [-0.1, -0.05) is 23.5 Å². The Morgan fingerprint density at radius 1 is 1.17 bits per heavy atom. The predicted octanol–water partition coefficient (Wildman–Crippen LogP) is 1.73. The lowest BCUT2D eigenvalue weighted by Crippen LogP contribution is -2.23. The zero-order chi connectivity index (χ0) is 17.3. The number of carboxylic acids is 1. The van der Waals surface area contributed by atoms with Crippen LogP contribution < -0.4 is 9.63 Å². The highest BCUT2D eigenvalue weighted by molar-refractivity contribution is 7.89. The first-order chi connectivity index (χ1) is 11.4. The minimum atomic E-state index is -3.87. The molecular weight excluding hydrogens is 350 g/mol. The maximum absolute atomic E-state index is 12.3. The summed E-state index contributed by atoms with van der Waals surface area (Å²) >= 11 is 1.36. The van der Waals surface area contributed by atoms with Crippen molar-refractivity contribution in [3.63, 3.8) is 0 Å². The Labute approximate surface area is 141 Å². The third-order valence-electron chi connectivity index (χ3n) is 3.39. The Morgan fingerprint density at radius 3 is 2.46 bits per heavy atom. The molecular formula is C15H13N3O4S2. The fourth-order valence-corrected chi connectivity index (χ4v) is 3.96. The Morgan fingerprint density at radius 2 is 1.83 bits per heavy atom. The van der Waals surface area contributed by atoms with Crippen molar-refractivity contribution in [2.45, 2.75) is 4.90 Å². The van der Waals surface area contributed by atoms with Crippen molar-refractivity contribution in [3.8, 4) is 0 Å². The Hall–Kier alpha value is -2.65. The van der Waals surface area contributed by atoms with Crippen molar-refractivity contribution >= 4 is 37.5 Å². The third kappa shape index (κ3) is 3.03. The molecule has 0 atom stereocenters. The van der Waals surface area contributed by atoms with E-state index < -0.39 is 16.0 Å². The molecule has 0 fully saturated rings. The van der Waals surface area contributed by atoms with Gasteiger partial charge in [0.15, 0.2) is 0 Å². The number of nitrogens with one attached hydrogen (secondary N) is 1. The molecule has 2 aromatic carbocycles. The van der Waals surface area contributed by atoms with Crippen LogP contribution >= 0.6 is 11.3 Å². The van der Waals surface area contributed by atoms with Crippen LogP contribution in [-0.2, 0) is 17.1 Å². The van der Waals surface area contributed by atoms with Crippen molar-refractivity contribution in [3.05, 3.63) is 58.9 Å². The van der Waals surface area contributed by atoms with E-state index in [9.17, 15) is 13.2 Å². The van der Waals surface area contributed by atoms with Crippen LogP contribution in [0.2, 0.25) is 0 Å². The number of carboxylic acid groups (broad SMARTS) is 1. The molecule has 0 aliphatic carbocycles. The van der Waals surface area contributed by atoms with Crippen molar-refractivity contribution in [1.82, 2.24) is 9.40 Å². The summed E-state index contributed by atoms with van der Waals surface area (Å²) in [6.07, 6.45) is 0. The van der Waals surface area contributed by atoms with Crippen LogP contribution in [0, 0.1) is 0 Å². The van der Waals surface area contributed by atoms with Gasteiger partial charge in [-0.2, -0.15) is 13.2 Å². The molecule has 1 aromatic heterocycles. The lowest BCUT2D eigenvalue weighted by atomic mass is 10.2. The average Bonchev–Trinajstić information content (AvgIpc) is 2.90. The van der Waals surface area contributed by atoms with Crippen LogP contribution in [-0.4, -0.2) is 24.1 Å². The molecule has 3 aromatic rings. The molecule has 0 amide bonds. The zero-order valence-electron chi connectivity index (χ0n) is 12.5. The number of fused-ring (bicyclic) bond motifs is 1. The Bertz CT molecular complexity index is 1080. The molecule has 24 heavy (non-hydrogen) atoms. The molecule has 124 valence electrons. The molecule has 0 aliphatic rings. The number of aromatic carboxylic acids is 1. The number of para-hydroxylation sites is 1. The summed E-state index contributed by atoms with van der Waals surface area (Å²) in [5, 5.41) is 12.8. The van der Waals surface area contributed by atoms with E-state index in [0.717, 1.165) is 10.2 Å². The fraction of sp³-hybridized carbons (Fsp3) is 0.0667. The molecule has 3 rings (SSSR count). The molecule has 0 spiro atoms. The van der Waals surface area contributed by atoms with Gasteiger partial charge in [0.1, 0.15) is 0 Å². The van der Waals surface area contributed by atoms with E-state index in [-0.39, 0.29) is 10.5 Å². The highest BCUT2D eigenvalue weighted by Crippen LogP contribution is 2.15. The molecule has 9 heteroatoms. The molecule has 0 saturated heterocycles. The van der Waals surface area contributed by atoms with Gasteiger partial charge in [-0.15, -0.1) is 5.10 Å². The molecule has 0 radical (unpaired) electrons. The average molecular weight is 363 g/mol. The summed E-state index contributed by atoms with van der Waals surface area (Å²) in [5.41, 5.74) is 0.966. The zero-order valence-corrected chi connectivity index (χ0v) is 14.1. The van der Waals surface area contributed by atoms with Crippen LogP contribution in [0.4, 0.5) is 0 Å². The Balaban J connectivity index is 1.94. The van der Waals surface area contributed by atoms with Gasteiger partial charge in [0, 0.05) is 7.05 Å². The van der Waals surface area contributed by atoms with Gasteiger partial charge < -0.3 is 9.67 Å². The van der Waals surface area contributed by atoms with E-state index in [1.54, 1.807) is 11.6 Å². The van der Waals surface area contributed by atoms with Gasteiger partial charge in [0.25, 0.3) is 10.0 Å². The second-order valence-electron chi connectivity index (χ2n) is 4.95. The van der Waals surface area contributed by atoms with Gasteiger partial charge >= 0.3 is 5.97 Å². The first kappa shape index (κ1) is 16.2. The summed E-state index contributed by atoms with van der Waals surface area (Å²) in [6.45, 7) is 0. The van der Waals surface area contributed by atoms with Crippen LogP contribution in [0.15, 0.2) is 58.5 Å². The van der Waals surface area contributed by atoms with Crippen LogP contribution in [0.1, 0.15) is 10.4 Å². The quantitative estimate of drug-likeness (QED) is 0.689. The summed E-state index contributed by atoms with van der Waals surface area (Å²) in [6, 6.07) is 12.6. The highest BCUT2D eigenvalue weighted by atomic mass is 32.2. The standard InChI is InChI=1S/C15H13N3O4S2/c1-18-12-4-2-3-5-13(12)23-15(18)16-17-24(21,22)11-8-6-10(7-9-11)14(19)20/h2-9,17H,1H3,(H,19,20). The second kappa shape index (κ2) is 6.10. The summed E-state index contributed by atoms with van der Waals surface area (Å²) in [4.78, 5) is 13.4. The number of benzene rings is 2. The molecule has 0 saturated carbocycles. The SMILES string of the molecule is Cn1c(=NNS(=O)(=O)c2ccc(C(=O)O)cc2)sc2ccccc21. The molecule has 1 heterocycles. The van der Waals surface area contributed by atoms with Gasteiger partial charge in [-0.3, -0.25) is 0 Å². The second-order valence-corrected chi connectivity index (χ2v) is 7.62. The van der Waals surface area contributed by atoms with Gasteiger partial charge in [0.05, 0.1) is 20.7 Å². The van der Waals surface area contributed by atoms with Crippen molar-refractivity contribution < 1.29 is 18.3 Å². The van der Waals surface area contributed by atoms with Gasteiger partial charge in [-0.25, -0.2) is 4.79 Å². The third-order valence-corrected chi connectivity index (χ3v) is 5.73. The maximum atomic E-state index is 12.3. The number of hydrogen-bond donors (Lipinski definition) is 2. The number of nitrogens with zero attached hydrogens (tertiary/aromatic N) is 2. The van der Waals surface area contributed by atoms with Crippen LogP contribution in [0.5, 0.6) is 0 Å². The molecule has 7 nitrogen and oxygen atoms in total. The lowest BCUT2D eigenvalue weighted by molar-refractivity contribution is 0.0696. The first-order valence-corrected chi connectivity index (χ1v) is 9.12. The number of carbonyl (C=O) groups is 1. The van der Waals surface area contributed by atoms with E-state index >= 15 is 0 Å². The van der Waals surface area contributed by atoms with Crippen LogP contribution in [0.25, 0.3) is 10.2 Å². The lowest BCUT2D eigenvalue weighted by Gasteiger charge is -2.03. The number of sulfonamides is 1. The largest absolute Gasteiger partial charge is 0.478 e. The van der Waals surface area contributed by atoms with E-state index in [1.807, 2.05) is 24.3 Å². The molecule has 0 aliphatic heterocycles. The normalized spacial score (nSPS) is 12.5. The number of aryl methyl sites for hydroxylation is 1. The van der Waals surface area contributed by atoms with E-state index in [4.69, 9.17) is 5.11 Å². The molecule has 2 N–H and O–H groups in total. The highest BCUT2D eigenvalue weighted by Gasteiger charge is 2.14. The van der Waals surface area contributed by atoms with E-state index in [2.05, 4.69) is 9.93 Å². The number of aromatic nitrogens is 1. The topological polar surface area (TPSA) is 101 Å². The fourth-order valence-electron chi connectivity index (χ4n) is 2.12. The summed E-state index contributed by atoms with van der Waals surface area (Å²) < 4.78 is 27.3. The first-order valence-electron chi connectivity index (χ1n) is 6.82. The minimum absolute atomic E-state index is 0.0156. The Kier molecular flexibility index (Phi) is 4.12. The number of rotatable bonds is 4. The predicted molar refractivity (Wildman–Crippen MR) is 90.1 cm³/mol. The van der Waals surface area contributed by atoms with Gasteiger partial charge in [-0.05, 0) is 36.4 Å². The summed E-state index contributed by atoms with van der Waals surface area (Å²) in [5.74, 6) is -1.12. The van der Waals surface area contributed by atoms with Crippen LogP contribution in [0.3, 0.4) is 0 Å². The molecule has 0 bridgehead atoms. The van der Waals surface area contributed by atoms with E-state index in [0.29, 0.717) is 4.80 Å². The maximum Gasteiger partial charge on any atom is 0.335 e. The van der Waals surface area contributed by atoms with Gasteiger partial charge in [0.2, 0.25) is 4.80 Å². The van der Waals surface area contributed by atoms with Crippen molar-refractivity contribution in [1.29, 1.82) is 0 Å². The smallest absolute Gasteiger partial charge is 0.335 e. The summed E-state index contributed by atoms with van der Waals surface area (Å²) in [7, 11) is -2.07. The molecule has 0 unspecified atom stereocenters. The monoisotopic (exact) mass is 363 g/mol. The van der Waals surface area contributed by atoms with E-state index in [1.165, 1.54) is 35.6 Å².